The second-order valence-corrected chi connectivity index (χ2v) is 6.95. The molecule has 0 atom stereocenters. The molecule has 0 spiro atoms. The van der Waals surface area contributed by atoms with Crippen molar-refractivity contribution >= 4 is 28.8 Å². The van der Waals surface area contributed by atoms with Crippen LogP contribution in [0, 0.1) is 0 Å². The minimum absolute atomic E-state index is 0.00179. The van der Waals surface area contributed by atoms with Gasteiger partial charge in [0.25, 0.3) is 0 Å². The average Bonchev–Trinajstić information content (AvgIpc) is 2.37. The SMILES string of the molecule is CCN(CC)C(=O)COCC(C)(C)SC(=O)CCC(=O)O. The van der Waals surface area contributed by atoms with Gasteiger partial charge < -0.3 is 14.7 Å². The van der Waals surface area contributed by atoms with Crippen molar-refractivity contribution in [2.45, 2.75) is 45.3 Å². The van der Waals surface area contributed by atoms with Gasteiger partial charge >= 0.3 is 5.97 Å². The van der Waals surface area contributed by atoms with E-state index >= 15 is 0 Å². The maximum Gasteiger partial charge on any atom is 0.303 e. The van der Waals surface area contributed by atoms with Gasteiger partial charge in [-0.05, 0) is 27.7 Å². The highest BCUT2D eigenvalue weighted by Gasteiger charge is 2.24. The standard InChI is InChI=1S/C14H25NO5S/c1-5-15(6-2)11(16)9-20-10-14(3,4)21-13(19)8-7-12(17)18/h5-10H2,1-4H3,(H,17,18). The molecule has 0 radical (unpaired) electrons. The Hall–Kier alpha value is -1.08. The smallest absolute Gasteiger partial charge is 0.303 e. The fourth-order valence-corrected chi connectivity index (χ4v) is 2.61. The summed E-state index contributed by atoms with van der Waals surface area (Å²) >= 11 is 1.06. The second-order valence-electron chi connectivity index (χ2n) is 5.19. The third-order valence-corrected chi connectivity index (χ3v) is 3.83. The molecular weight excluding hydrogens is 294 g/mol. The quantitative estimate of drug-likeness (QED) is 0.661. The maximum atomic E-state index is 11.8. The van der Waals surface area contributed by atoms with Crippen LogP contribution < -0.4 is 0 Å². The molecule has 1 N–H and O–H groups in total. The zero-order valence-electron chi connectivity index (χ0n) is 13.2. The Balaban J connectivity index is 4.09. The third kappa shape index (κ3) is 9.47. The predicted octanol–water partition coefficient (Wildman–Crippen LogP) is 1.77. The summed E-state index contributed by atoms with van der Waals surface area (Å²) in [7, 11) is 0. The Morgan fingerprint density at radius 3 is 2.19 bits per heavy atom. The molecule has 0 saturated carbocycles. The van der Waals surface area contributed by atoms with E-state index in [1.807, 2.05) is 27.7 Å². The van der Waals surface area contributed by atoms with Crippen molar-refractivity contribution < 1.29 is 24.2 Å². The van der Waals surface area contributed by atoms with Gasteiger partial charge in [0.15, 0.2) is 5.12 Å². The Morgan fingerprint density at radius 1 is 1.14 bits per heavy atom. The lowest BCUT2D eigenvalue weighted by molar-refractivity contribution is -0.138. The zero-order chi connectivity index (χ0) is 16.5. The van der Waals surface area contributed by atoms with Crippen LogP contribution in [-0.2, 0) is 19.1 Å². The van der Waals surface area contributed by atoms with Crippen LogP contribution in [0.15, 0.2) is 0 Å². The first-order chi connectivity index (χ1) is 9.71. The highest BCUT2D eigenvalue weighted by atomic mass is 32.2. The lowest BCUT2D eigenvalue weighted by Crippen LogP contribution is -2.35. The number of aliphatic carboxylic acids is 1. The van der Waals surface area contributed by atoms with Crippen LogP contribution in [0.1, 0.15) is 40.5 Å². The minimum atomic E-state index is -0.983. The Bertz CT molecular complexity index is 366. The molecule has 6 nitrogen and oxygen atoms in total. The molecule has 7 heteroatoms. The number of carbonyl (C=O) groups excluding carboxylic acids is 2. The van der Waals surface area contributed by atoms with Gasteiger partial charge in [-0.2, -0.15) is 0 Å². The number of hydrogen-bond donors (Lipinski definition) is 1. The monoisotopic (exact) mass is 319 g/mol. The Morgan fingerprint density at radius 2 is 1.71 bits per heavy atom. The molecule has 1 amide bonds. The Kier molecular flexibility index (Phi) is 9.28. The lowest BCUT2D eigenvalue weighted by atomic mass is 10.2. The molecule has 0 saturated heterocycles. The number of carboxylic acids is 1. The van der Waals surface area contributed by atoms with Crippen molar-refractivity contribution in [1.82, 2.24) is 4.90 Å². The van der Waals surface area contributed by atoms with Crippen LogP contribution in [0.2, 0.25) is 0 Å². The van der Waals surface area contributed by atoms with Crippen molar-refractivity contribution in [2.24, 2.45) is 0 Å². The average molecular weight is 319 g/mol. The van der Waals surface area contributed by atoms with Gasteiger partial charge in [0.05, 0.1) is 13.0 Å². The van der Waals surface area contributed by atoms with Gasteiger partial charge in [-0.15, -0.1) is 0 Å². The molecular formula is C14H25NO5S. The molecule has 0 fully saturated rings. The molecule has 0 aliphatic carbocycles. The molecule has 0 aromatic rings. The summed E-state index contributed by atoms with van der Waals surface area (Å²) in [4.78, 5) is 35.5. The van der Waals surface area contributed by atoms with E-state index in [4.69, 9.17) is 9.84 Å². The zero-order valence-corrected chi connectivity index (χ0v) is 14.0. The highest BCUT2D eigenvalue weighted by molar-refractivity contribution is 8.14. The third-order valence-electron chi connectivity index (χ3n) is 2.72. The number of thioether (sulfide) groups is 1. The van der Waals surface area contributed by atoms with Crippen LogP contribution in [0.25, 0.3) is 0 Å². The van der Waals surface area contributed by atoms with Gasteiger partial charge in [0, 0.05) is 24.3 Å². The van der Waals surface area contributed by atoms with Crippen molar-refractivity contribution in [3.63, 3.8) is 0 Å². The number of likely N-dealkylation sites (N-methyl/N-ethyl adjacent to an activating group) is 1. The molecule has 0 heterocycles. The summed E-state index contributed by atoms with van der Waals surface area (Å²) < 4.78 is 4.90. The number of hydrogen-bond acceptors (Lipinski definition) is 5. The Labute approximate surface area is 130 Å². The van der Waals surface area contributed by atoms with E-state index in [0.29, 0.717) is 13.1 Å². The van der Waals surface area contributed by atoms with E-state index in [1.165, 1.54) is 0 Å². The van der Waals surface area contributed by atoms with Gasteiger partial charge in [-0.25, -0.2) is 0 Å². The summed E-state index contributed by atoms with van der Waals surface area (Å²) in [5.74, 6) is -1.05. The number of ether oxygens (including phenoxy) is 1. The normalized spacial score (nSPS) is 11.2. The summed E-state index contributed by atoms with van der Waals surface area (Å²) in [6, 6.07) is 0. The number of carboxylic acid groups (broad SMARTS) is 1. The van der Waals surface area contributed by atoms with E-state index < -0.39 is 10.7 Å². The maximum absolute atomic E-state index is 11.8. The van der Waals surface area contributed by atoms with E-state index in [2.05, 4.69) is 0 Å². The van der Waals surface area contributed by atoms with Crippen molar-refractivity contribution in [1.29, 1.82) is 0 Å². The van der Waals surface area contributed by atoms with Crippen LogP contribution in [0.5, 0.6) is 0 Å². The van der Waals surface area contributed by atoms with Crippen LogP contribution in [-0.4, -0.2) is 58.0 Å². The van der Waals surface area contributed by atoms with E-state index in [0.717, 1.165) is 11.8 Å². The number of carbonyl (C=O) groups is 3. The predicted molar refractivity (Wildman–Crippen MR) is 82.3 cm³/mol. The van der Waals surface area contributed by atoms with Crippen LogP contribution in [0.4, 0.5) is 0 Å². The molecule has 0 rings (SSSR count). The fraction of sp³-hybridized carbons (Fsp3) is 0.786. The molecule has 0 unspecified atom stereocenters. The molecule has 0 aliphatic rings. The van der Waals surface area contributed by atoms with E-state index in [1.54, 1.807) is 4.90 Å². The summed E-state index contributed by atoms with van der Waals surface area (Å²) in [5.41, 5.74) is 0. The topological polar surface area (TPSA) is 83.9 Å². The molecule has 0 bridgehead atoms. The van der Waals surface area contributed by atoms with Gasteiger partial charge in [-0.3, -0.25) is 14.4 Å². The largest absolute Gasteiger partial charge is 0.481 e. The minimum Gasteiger partial charge on any atom is -0.481 e. The first-order valence-corrected chi connectivity index (χ1v) is 7.82. The summed E-state index contributed by atoms with van der Waals surface area (Å²) in [6.07, 6.45) is -0.162. The number of nitrogens with zero attached hydrogens (tertiary/aromatic N) is 1. The highest BCUT2D eigenvalue weighted by Crippen LogP contribution is 2.27. The lowest BCUT2D eigenvalue weighted by Gasteiger charge is -2.24. The first kappa shape index (κ1) is 19.9. The van der Waals surface area contributed by atoms with E-state index in [9.17, 15) is 14.4 Å². The molecule has 21 heavy (non-hydrogen) atoms. The van der Waals surface area contributed by atoms with Crippen molar-refractivity contribution in [3.8, 4) is 0 Å². The fourth-order valence-electron chi connectivity index (χ4n) is 1.65. The number of rotatable bonds is 10. The molecule has 122 valence electrons. The van der Waals surface area contributed by atoms with Crippen molar-refractivity contribution in [2.75, 3.05) is 26.3 Å². The molecule has 0 aromatic heterocycles. The van der Waals surface area contributed by atoms with Gasteiger partial charge in [-0.1, -0.05) is 11.8 Å². The second kappa shape index (κ2) is 9.78. The number of amides is 1. The van der Waals surface area contributed by atoms with Crippen molar-refractivity contribution in [3.05, 3.63) is 0 Å². The van der Waals surface area contributed by atoms with Gasteiger partial charge in [0.1, 0.15) is 6.61 Å². The molecule has 0 aliphatic heterocycles. The van der Waals surface area contributed by atoms with E-state index in [-0.39, 0.29) is 37.1 Å². The van der Waals surface area contributed by atoms with Crippen LogP contribution in [0.3, 0.4) is 0 Å². The summed E-state index contributed by atoms with van der Waals surface area (Å²) in [5, 5.41) is 8.35. The first-order valence-electron chi connectivity index (χ1n) is 7.01. The summed E-state index contributed by atoms with van der Waals surface area (Å²) in [6.45, 7) is 9.01. The molecule has 0 aromatic carbocycles. The van der Waals surface area contributed by atoms with Crippen LogP contribution >= 0.6 is 11.8 Å². The van der Waals surface area contributed by atoms with Gasteiger partial charge in [0.2, 0.25) is 5.91 Å².